The molecule has 0 amide bonds. The van der Waals surface area contributed by atoms with Gasteiger partial charge in [-0.2, -0.15) is 0 Å². The van der Waals surface area contributed by atoms with Crippen LogP contribution in [-0.4, -0.2) is 4.98 Å². The minimum Gasteiger partial charge on any atom is -0.305 e. The SMILES string of the molecule is Cc1cc(CNC(C)c2cnc3ccsc3c2)sc1C. The predicted molar refractivity (Wildman–Crippen MR) is 88.7 cm³/mol. The van der Waals surface area contributed by atoms with Gasteiger partial charge in [-0.25, -0.2) is 0 Å². The topological polar surface area (TPSA) is 24.9 Å². The molecule has 4 heteroatoms. The fourth-order valence-electron chi connectivity index (χ4n) is 2.21. The second kappa shape index (κ2) is 5.64. The lowest BCUT2D eigenvalue weighted by molar-refractivity contribution is 0.578. The molecule has 0 aliphatic rings. The third-order valence-electron chi connectivity index (χ3n) is 3.62. The predicted octanol–water partition coefficient (Wildman–Crippen LogP) is 4.83. The molecular formula is C16H18N2S2. The molecule has 1 unspecified atom stereocenters. The standard InChI is InChI=1S/C16H18N2S2/c1-10-6-14(20-12(10)3)9-17-11(2)13-7-16-15(18-8-13)4-5-19-16/h4-8,11,17H,9H2,1-3H3. The lowest BCUT2D eigenvalue weighted by Gasteiger charge is -2.13. The summed E-state index contributed by atoms with van der Waals surface area (Å²) in [7, 11) is 0. The number of rotatable bonds is 4. The van der Waals surface area contributed by atoms with E-state index >= 15 is 0 Å². The Balaban J connectivity index is 1.70. The summed E-state index contributed by atoms with van der Waals surface area (Å²) >= 11 is 3.63. The first-order chi connectivity index (χ1) is 9.63. The lowest BCUT2D eigenvalue weighted by atomic mass is 10.1. The van der Waals surface area contributed by atoms with Crippen molar-refractivity contribution in [3.63, 3.8) is 0 Å². The van der Waals surface area contributed by atoms with E-state index in [1.807, 2.05) is 17.5 Å². The normalized spacial score (nSPS) is 12.9. The molecule has 0 aromatic carbocycles. The van der Waals surface area contributed by atoms with Crippen molar-refractivity contribution in [1.82, 2.24) is 10.3 Å². The third kappa shape index (κ3) is 2.77. The van der Waals surface area contributed by atoms with Crippen molar-refractivity contribution < 1.29 is 0 Å². The lowest BCUT2D eigenvalue weighted by Crippen LogP contribution is -2.17. The van der Waals surface area contributed by atoms with Gasteiger partial charge in [0.15, 0.2) is 0 Å². The number of aryl methyl sites for hydroxylation is 2. The minimum absolute atomic E-state index is 0.316. The maximum atomic E-state index is 4.51. The number of hydrogen-bond acceptors (Lipinski definition) is 4. The summed E-state index contributed by atoms with van der Waals surface area (Å²) < 4.78 is 1.26. The van der Waals surface area contributed by atoms with Crippen molar-refractivity contribution in [3.05, 3.63) is 50.7 Å². The van der Waals surface area contributed by atoms with E-state index in [4.69, 9.17) is 0 Å². The molecule has 3 aromatic heterocycles. The van der Waals surface area contributed by atoms with Gasteiger partial charge < -0.3 is 5.32 Å². The van der Waals surface area contributed by atoms with E-state index in [-0.39, 0.29) is 0 Å². The van der Waals surface area contributed by atoms with Crippen LogP contribution in [0.25, 0.3) is 10.2 Å². The van der Waals surface area contributed by atoms with Crippen molar-refractivity contribution in [2.45, 2.75) is 33.4 Å². The van der Waals surface area contributed by atoms with Crippen LogP contribution in [0.5, 0.6) is 0 Å². The third-order valence-corrected chi connectivity index (χ3v) is 5.63. The van der Waals surface area contributed by atoms with Crippen molar-refractivity contribution in [1.29, 1.82) is 0 Å². The molecule has 0 aliphatic heterocycles. The molecule has 0 saturated carbocycles. The van der Waals surface area contributed by atoms with E-state index < -0.39 is 0 Å². The Morgan fingerprint density at radius 1 is 1.30 bits per heavy atom. The first-order valence-electron chi connectivity index (χ1n) is 6.76. The smallest absolute Gasteiger partial charge is 0.0809 e. The van der Waals surface area contributed by atoms with Gasteiger partial charge in [0.25, 0.3) is 0 Å². The van der Waals surface area contributed by atoms with Crippen LogP contribution in [0.2, 0.25) is 0 Å². The molecule has 3 rings (SSSR count). The summed E-state index contributed by atoms with van der Waals surface area (Å²) in [6, 6.07) is 6.91. The van der Waals surface area contributed by atoms with Crippen LogP contribution in [0.3, 0.4) is 0 Å². The molecule has 1 atom stereocenters. The van der Waals surface area contributed by atoms with Crippen molar-refractivity contribution >= 4 is 32.9 Å². The van der Waals surface area contributed by atoms with Crippen LogP contribution in [-0.2, 0) is 6.54 Å². The molecule has 3 heterocycles. The summed E-state index contributed by atoms with van der Waals surface area (Å²) in [6.07, 6.45) is 1.98. The van der Waals surface area contributed by atoms with Gasteiger partial charge in [0.05, 0.1) is 10.2 Å². The zero-order valence-electron chi connectivity index (χ0n) is 11.9. The van der Waals surface area contributed by atoms with E-state index in [0.717, 1.165) is 12.1 Å². The number of pyridine rings is 1. The minimum atomic E-state index is 0.316. The number of hydrogen-bond donors (Lipinski definition) is 1. The number of nitrogens with one attached hydrogen (secondary N) is 1. The molecule has 2 nitrogen and oxygen atoms in total. The Morgan fingerprint density at radius 3 is 2.90 bits per heavy atom. The average Bonchev–Trinajstić information content (AvgIpc) is 3.02. The largest absolute Gasteiger partial charge is 0.305 e. The maximum absolute atomic E-state index is 4.51. The molecule has 20 heavy (non-hydrogen) atoms. The van der Waals surface area contributed by atoms with Crippen molar-refractivity contribution in [3.8, 4) is 0 Å². The molecule has 0 bridgehead atoms. The van der Waals surface area contributed by atoms with Gasteiger partial charge in [-0.1, -0.05) is 0 Å². The van der Waals surface area contributed by atoms with Crippen molar-refractivity contribution in [2.24, 2.45) is 0 Å². The quantitative estimate of drug-likeness (QED) is 0.747. The summed E-state index contributed by atoms with van der Waals surface area (Å²) in [5.74, 6) is 0. The second-order valence-electron chi connectivity index (χ2n) is 5.13. The first kappa shape index (κ1) is 13.7. The second-order valence-corrected chi connectivity index (χ2v) is 7.42. The Morgan fingerprint density at radius 2 is 2.15 bits per heavy atom. The molecule has 0 radical (unpaired) electrons. The zero-order chi connectivity index (χ0) is 14.1. The van der Waals surface area contributed by atoms with Crippen LogP contribution in [0.1, 0.15) is 33.8 Å². The van der Waals surface area contributed by atoms with E-state index in [0.29, 0.717) is 6.04 Å². The molecule has 104 valence electrons. The highest BCUT2D eigenvalue weighted by Gasteiger charge is 2.08. The van der Waals surface area contributed by atoms with Crippen LogP contribution >= 0.6 is 22.7 Å². The Kier molecular flexibility index (Phi) is 3.87. The highest BCUT2D eigenvalue weighted by molar-refractivity contribution is 7.17. The van der Waals surface area contributed by atoms with Gasteiger partial charge in [-0.3, -0.25) is 4.98 Å². The molecule has 0 saturated heterocycles. The summed E-state index contributed by atoms with van der Waals surface area (Å²) in [6.45, 7) is 7.47. The zero-order valence-corrected chi connectivity index (χ0v) is 13.6. The molecular weight excluding hydrogens is 284 g/mol. The average molecular weight is 302 g/mol. The van der Waals surface area contributed by atoms with Gasteiger partial charge in [-0.05, 0) is 55.5 Å². The fourth-order valence-corrected chi connectivity index (χ4v) is 4.00. The first-order valence-corrected chi connectivity index (χ1v) is 8.45. The van der Waals surface area contributed by atoms with Crippen molar-refractivity contribution in [2.75, 3.05) is 0 Å². The van der Waals surface area contributed by atoms with E-state index in [1.165, 1.54) is 25.6 Å². The van der Waals surface area contributed by atoms with Gasteiger partial charge in [0, 0.05) is 28.5 Å². The summed E-state index contributed by atoms with van der Waals surface area (Å²) in [4.78, 5) is 7.32. The van der Waals surface area contributed by atoms with Crippen LogP contribution in [0.15, 0.2) is 29.8 Å². The Labute approximate surface area is 127 Å². The maximum Gasteiger partial charge on any atom is 0.0809 e. The summed E-state index contributed by atoms with van der Waals surface area (Å²) in [5, 5.41) is 5.68. The molecule has 0 fully saturated rings. The number of nitrogens with zero attached hydrogens (tertiary/aromatic N) is 1. The number of aromatic nitrogens is 1. The van der Waals surface area contributed by atoms with Crippen LogP contribution in [0, 0.1) is 13.8 Å². The monoisotopic (exact) mass is 302 g/mol. The highest BCUT2D eigenvalue weighted by Crippen LogP contribution is 2.24. The van der Waals surface area contributed by atoms with E-state index in [2.05, 4.69) is 54.7 Å². The summed E-state index contributed by atoms with van der Waals surface area (Å²) in [5.41, 5.74) is 3.74. The Hall–Kier alpha value is -1.23. The number of fused-ring (bicyclic) bond motifs is 1. The van der Waals surface area contributed by atoms with E-state index in [1.54, 1.807) is 11.3 Å². The molecule has 3 aromatic rings. The highest BCUT2D eigenvalue weighted by atomic mass is 32.1. The van der Waals surface area contributed by atoms with Gasteiger partial charge in [0.2, 0.25) is 0 Å². The van der Waals surface area contributed by atoms with Gasteiger partial charge >= 0.3 is 0 Å². The molecule has 0 aliphatic carbocycles. The van der Waals surface area contributed by atoms with Gasteiger partial charge in [-0.15, -0.1) is 22.7 Å². The van der Waals surface area contributed by atoms with Crippen LogP contribution in [0.4, 0.5) is 0 Å². The van der Waals surface area contributed by atoms with Gasteiger partial charge in [0.1, 0.15) is 0 Å². The molecule has 1 N–H and O–H groups in total. The van der Waals surface area contributed by atoms with Crippen LogP contribution < -0.4 is 5.32 Å². The van der Waals surface area contributed by atoms with E-state index in [9.17, 15) is 0 Å². The molecule has 0 spiro atoms. The Bertz CT molecular complexity index is 707. The fraction of sp³-hybridized carbons (Fsp3) is 0.312. The number of thiophene rings is 2.